The van der Waals surface area contributed by atoms with Crippen LogP contribution >= 0.6 is 0 Å². The number of ether oxygens (including phenoxy) is 6. The van der Waals surface area contributed by atoms with Crippen LogP contribution in [0.4, 0.5) is 0 Å². The summed E-state index contributed by atoms with van der Waals surface area (Å²) in [6.07, 6.45) is -2.22. The van der Waals surface area contributed by atoms with Gasteiger partial charge in [-0.1, -0.05) is 91.0 Å². The maximum Gasteiger partial charge on any atom is 0.349 e. The fourth-order valence-electron chi connectivity index (χ4n) is 5.56. The Bertz CT molecular complexity index is 1280. The number of hydrogen-bond donors (Lipinski definition) is 0. The van der Waals surface area contributed by atoms with Crippen molar-refractivity contribution in [1.29, 1.82) is 0 Å². The van der Waals surface area contributed by atoms with Gasteiger partial charge < -0.3 is 28.4 Å². The van der Waals surface area contributed by atoms with Crippen molar-refractivity contribution in [3.63, 3.8) is 0 Å². The lowest BCUT2D eigenvalue weighted by molar-refractivity contribution is -0.175. The molecule has 2 fully saturated rings. The molecule has 0 aromatic heterocycles. The van der Waals surface area contributed by atoms with Crippen molar-refractivity contribution in [3.05, 3.63) is 119 Å². The van der Waals surface area contributed by atoms with Crippen molar-refractivity contribution in [1.82, 2.24) is 0 Å². The van der Waals surface area contributed by atoms with Gasteiger partial charge in [-0.25, -0.2) is 9.59 Å². The molecule has 0 radical (unpaired) electrons. The summed E-state index contributed by atoms with van der Waals surface area (Å²) >= 11 is 0. The first-order valence-electron chi connectivity index (χ1n) is 14.2. The Hall–Kier alpha value is -3.98. The summed E-state index contributed by atoms with van der Waals surface area (Å²) in [5.74, 6) is -2.65. The van der Waals surface area contributed by atoms with E-state index in [4.69, 9.17) is 28.4 Å². The van der Waals surface area contributed by atoms with Crippen molar-refractivity contribution >= 4 is 11.9 Å². The zero-order valence-corrected chi connectivity index (χ0v) is 24.3. The summed E-state index contributed by atoms with van der Waals surface area (Å²) in [6, 6.07) is 29.9. The molecular weight excluding hydrogens is 536 g/mol. The lowest BCUT2D eigenvalue weighted by Gasteiger charge is -2.37. The summed E-state index contributed by atoms with van der Waals surface area (Å²) in [6.45, 7) is 7.07. The zero-order chi connectivity index (χ0) is 29.7. The molecule has 8 nitrogen and oxygen atoms in total. The van der Waals surface area contributed by atoms with Crippen molar-refractivity contribution in [3.8, 4) is 0 Å². The molecule has 2 saturated heterocycles. The third-order valence-corrected chi connectivity index (χ3v) is 7.24. The Morgan fingerprint density at radius 1 is 0.738 bits per heavy atom. The number of carbonyl (C=O) groups excluding carboxylic acids is 2. The maximum atomic E-state index is 13.0. The number of esters is 2. The van der Waals surface area contributed by atoms with Crippen LogP contribution in [0.1, 0.15) is 44.4 Å². The van der Waals surface area contributed by atoms with E-state index in [0.717, 1.165) is 16.7 Å². The van der Waals surface area contributed by atoms with Gasteiger partial charge in [0.1, 0.15) is 17.8 Å². The highest BCUT2D eigenvalue weighted by molar-refractivity contribution is 6.14. The number of hydrogen-bond acceptors (Lipinski definition) is 8. The van der Waals surface area contributed by atoms with Gasteiger partial charge in [-0.2, -0.15) is 0 Å². The van der Waals surface area contributed by atoms with Gasteiger partial charge in [0.05, 0.1) is 19.8 Å². The van der Waals surface area contributed by atoms with Crippen molar-refractivity contribution in [2.24, 2.45) is 0 Å². The van der Waals surface area contributed by atoms with Gasteiger partial charge >= 0.3 is 11.9 Å². The molecule has 42 heavy (non-hydrogen) atoms. The minimum absolute atomic E-state index is 0.0285. The van der Waals surface area contributed by atoms with E-state index in [-0.39, 0.29) is 31.2 Å². The number of rotatable bonds is 10. The minimum atomic E-state index is -1.00. The molecule has 3 aromatic rings. The maximum absolute atomic E-state index is 13.0. The number of benzene rings is 3. The van der Waals surface area contributed by atoms with E-state index in [1.54, 1.807) is 27.7 Å². The molecule has 0 aliphatic carbocycles. The second-order valence-corrected chi connectivity index (χ2v) is 10.4. The topological polar surface area (TPSA) is 89.5 Å². The molecule has 2 aliphatic rings. The zero-order valence-electron chi connectivity index (χ0n) is 24.3. The predicted octanol–water partition coefficient (Wildman–Crippen LogP) is 5.29. The van der Waals surface area contributed by atoms with E-state index in [9.17, 15) is 9.59 Å². The average molecular weight is 573 g/mol. The summed E-state index contributed by atoms with van der Waals surface area (Å²) in [4.78, 5) is 26.0. The van der Waals surface area contributed by atoms with E-state index in [1.807, 2.05) is 91.0 Å². The average Bonchev–Trinajstić information content (AvgIpc) is 3.48. The number of fused-ring (bicyclic) bond motifs is 1. The van der Waals surface area contributed by atoms with Crippen LogP contribution in [-0.4, -0.2) is 55.9 Å². The first-order valence-corrected chi connectivity index (χ1v) is 14.2. The number of carbonyl (C=O) groups is 2. The molecular formula is C34H36O8. The Kier molecular flexibility index (Phi) is 8.77. The van der Waals surface area contributed by atoms with Gasteiger partial charge in [0.2, 0.25) is 0 Å². The molecule has 220 valence electrons. The van der Waals surface area contributed by atoms with E-state index in [2.05, 4.69) is 0 Å². The van der Waals surface area contributed by atoms with Gasteiger partial charge in [-0.15, -0.1) is 0 Å². The largest absolute Gasteiger partial charge is 0.485 e. The quantitative estimate of drug-likeness (QED) is 0.106. The molecule has 0 saturated carbocycles. The van der Waals surface area contributed by atoms with Crippen molar-refractivity contribution < 1.29 is 38.0 Å². The molecule has 0 unspecified atom stereocenters. The van der Waals surface area contributed by atoms with Gasteiger partial charge in [0, 0.05) is 0 Å². The first-order chi connectivity index (χ1) is 20.3. The second kappa shape index (κ2) is 12.5. The molecule has 0 amide bonds. The van der Waals surface area contributed by atoms with E-state index in [1.165, 1.54) is 0 Å². The molecule has 0 N–H and O–H groups in total. The Morgan fingerprint density at radius 2 is 1.19 bits per heavy atom. The smallest absolute Gasteiger partial charge is 0.349 e. The van der Waals surface area contributed by atoms with Gasteiger partial charge in [-0.05, 0) is 44.4 Å². The third-order valence-electron chi connectivity index (χ3n) is 7.24. The van der Waals surface area contributed by atoms with Crippen molar-refractivity contribution in [2.45, 2.75) is 57.4 Å². The lowest BCUT2D eigenvalue weighted by atomic mass is 9.80. The van der Waals surface area contributed by atoms with Crippen LogP contribution in [0.3, 0.4) is 0 Å². The normalized spacial score (nSPS) is 20.9. The first kappa shape index (κ1) is 29.5. The molecule has 0 bridgehead atoms. The summed E-state index contributed by atoms with van der Waals surface area (Å²) in [5, 5.41) is 0. The monoisotopic (exact) mass is 572 g/mol. The Morgan fingerprint density at radius 3 is 1.62 bits per heavy atom. The molecule has 3 aromatic carbocycles. The standard InChI is InChI=1S/C34H36O8/c1-5-37-31(35)27(32(36)38-6-2)29-30-28(41-33(3,4)42-30)26(40-29)22-39-34(23-16-10-7-11-17-23,24-18-12-8-13-19-24)25-20-14-9-15-21-25/h7-21,26,28,30H,5-6,22H2,1-4H3/t26-,28-,30-/m1/s1. The SMILES string of the molecule is CCOC(=O)C(C(=O)OCC)=C1O[C@H](COC(c2ccccc2)(c2ccccc2)c2ccccc2)[C@H]2OC(C)(C)O[C@@H]12. The highest BCUT2D eigenvalue weighted by Crippen LogP contribution is 2.45. The molecule has 0 spiro atoms. The van der Waals surface area contributed by atoms with Crippen molar-refractivity contribution in [2.75, 3.05) is 19.8 Å². The summed E-state index contributed by atoms with van der Waals surface area (Å²) in [5.41, 5.74) is 1.44. The van der Waals surface area contributed by atoms with Crippen LogP contribution in [0.2, 0.25) is 0 Å². The molecule has 8 heteroatoms. The second-order valence-electron chi connectivity index (χ2n) is 10.4. The Balaban J connectivity index is 1.58. The van der Waals surface area contributed by atoms with Gasteiger partial charge in [0.15, 0.2) is 23.2 Å². The lowest BCUT2D eigenvalue weighted by Crippen LogP contribution is -2.39. The highest BCUT2D eigenvalue weighted by atomic mass is 16.8. The summed E-state index contributed by atoms with van der Waals surface area (Å²) in [7, 11) is 0. The molecule has 5 rings (SSSR count). The molecule has 2 heterocycles. The molecule has 3 atom stereocenters. The van der Waals surface area contributed by atoms with E-state index >= 15 is 0 Å². The fourth-order valence-corrected chi connectivity index (χ4v) is 5.56. The van der Waals surface area contributed by atoms with Crippen LogP contribution in [0.5, 0.6) is 0 Å². The van der Waals surface area contributed by atoms with E-state index in [0.29, 0.717) is 0 Å². The van der Waals surface area contributed by atoms with Crippen LogP contribution in [0.25, 0.3) is 0 Å². The predicted molar refractivity (Wildman–Crippen MR) is 154 cm³/mol. The van der Waals surface area contributed by atoms with Crippen LogP contribution < -0.4 is 0 Å². The van der Waals surface area contributed by atoms with Gasteiger partial charge in [0.25, 0.3) is 0 Å². The molecule has 2 aliphatic heterocycles. The van der Waals surface area contributed by atoms with Crippen LogP contribution in [0.15, 0.2) is 102 Å². The van der Waals surface area contributed by atoms with E-state index < -0.39 is 41.6 Å². The third kappa shape index (κ3) is 5.70. The van der Waals surface area contributed by atoms with Gasteiger partial charge in [-0.3, -0.25) is 0 Å². The summed E-state index contributed by atoms with van der Waals surface area (Å²) < 4.78 is 36.1. The van der Waals surface area contributed by atoms with Crippen LogP contribution in [0, 0.1) is 0 Å². The minimum Gasteiger partial charge on any atom is -0.485 e. The highest BCUT2D eigenvalue weighted by Gasteiger charge is 2.56. The fraction of sp³-hybridized carbons (Fsp3) is 0.353. The van der Waals surface area contributed by atoms with Crippen LogP contribution in [-0.2, 0) is 43.6 Å². The Labute approximate surface area is 246 Å².